The Morgan fingerprint density at radius 2 is 1.59 bits per heavy atom. The monoisotopic (exact) mass is 389 g/mol. The Bertz CT molecular complexity index is 599. The minimum Gasteiger partial charge on any atom is -0.428 e. The highest BCUT2D eigenvalue weighted by Crippen LogP contribution is 2.45. The van der Waals surface area contributed by atoms with Gasteiger partial charge in [-0.3, -0.25) is 14.4 Å². The predicted molar refractivity (Wildman–Crippen MR) is 89.6 cm³/mol. The van der Waals surface area contributed by atoms with E-state index in [0.29, 0.717) is 6.42 Å². The van der Waals surface area contributed by atoms with Crippen LogP contribution in [0.15, 0.2) is 0 Å². The molecular weight excluding hydrogens is 362 g/mol. The van der Waals surface area contributed by atoms with E-state index in [-0.39, 0.29) is 0 Å². The Hall–Kier alpha value is -2.36. The van der Waals surface area contributed by atoms with Crippen molar-refractivity contribution in [2.24, 2.45) is 5.92 Å². The van der Waals surface area contributed by atoms with Gasteiger partial charge in [-0.15, -0.1) is 5.06 Å². The van der Waals surface area contributed by atoms with Crippen molar-refractivity contribution < 1.29 is 43.0 Å². The lowest BCUT2D eigenvalue weighted by molar-refractivity contribution is -0.228. The normalized spacial score (nSPS) is 21.7. The lowest BCUT2D eigenvalue weighted by atomic mass is 9.87. The molecule has 0 aromatic carbocycles. The molecule has 1 fully saturated rings. The molecule has 1 heterocycles. The number of carbonyl (C=O) groups excluding carboxylic acids is 4. The van der Waals surface area contributed by atoms with E-state index >= 15 is 0 Å². The van der Waals surface area contributed by atoms with E-state index in [1.165, 1.54) is 25.8 Å². The standard InChI is InChI=1S/C17H27NO9/c1-10(19)23-9-24-14(21)13-8-16(4,5)18(17(13,6)7)27-15(22)26-12(3)25-11(2)20/h12-13H,8-9H2,1-7H3. The molecule has 27 heavy (non-hydrogen) atoms. The number of esters is 3. The number of ether oxygens (including phenoxy) is 4. The van der Waals surface area contributed by atoms with Crippen molar-refractivity contribution in [3.63, 3.8) is 0 Å². The van der Waals surface area contributed by atoms with Crippen LogP contribution in [-0.4, -0.2) is 53.3 Å². The average molecular weight is 389 g/mol. The van der Waals surface area contributed by atoms with Crippen LogP contribution in [0, 0.1) is 5.92 Å². The summed E-state index contributed by atoms with van der Waals surface area (Å²) in [6.07, 6.45) is -1.86. The second kappa shape index (κ2) is 8.55. The first-order valence-corrected chi connectivity index (χ1v) is 8.43. The van der Waals surface area contributed by atoms with Gasteiger partial charge in [0, 0.05) is 20.8 Å². The first-order chi connectivity index (χ1) is 12.3. The van der Waals surface area contributed by atoms with Gasteiger partial charge in [-0.25, -0.2) is 4.79 Å². The van der Waals surface area contributed by atoms with Crippen molar-refractivity contribution in [1.29, 1.82) is 0 Å². The molecule has 2 atom stereocenters. The van der Waals surface area contributed by atoms with E-state index in [1.54, 1.807) is 27.7 Å². The van der Waals surface area contributed by atoms with Gasteiger partial charge in [0.1, 0.15) is 0 Å². The number of rotatable bonds is 6. The largest absolute Gasteiger partial charge is 0.531 e. The van der Waals surface area contributed by atoms with Crippen LogP contribution in [0.5, 0.6) is 0 Å². The number of hydroxylamine groups is 2. The van der Waals surface area contributed by atoms with Gasteiger partial charge in [-0.1, -0.05) is 0 Å². The average Bonchev–Trinajstić information content (AvgIpc) is 2.65. The maximum atomic E-state index is 12.4. The van der Waals surface area contributed by atoms with E-state index in [9.17, 15) is 19.2 Å². The molecule has 1 aliphatic rings. The maximum Gasteiger partial charge on any atom is 0.531 e. The van der Waals surface area contributed by atoms with Gasteiger partial charge in [0.15, 0.2) is 0 Å². The Balaban J connectivity index is 2.79. The molecule has 0 N–H and O–H groups in total. The molecule has 1 aliphatic heterocycles. The van der Waals surface area contributed by atoms with Crippen molar-refractivity contribution in [2.75, 3.05) is 6.79 Å². The van der Waals surface area contributed by atoms with Gasteiger partial charge in [0.25, 0.3) is 0 Å². The molecule has 1 saturated heterocycles. The fourth-order valence-electron chi connectivity index (χ4n) is 3.13. The first-order valence-electron chi connectivity index (χ1n) is 8.43. The van der Waals surface area contributed by atoms with Crippen LogP contribution in [0.4, 0.5) is 4.79 Å². The number of carbonyl (C=O) groups is 4. The molecule has 0 aromatic heterocycles. The van der Waals surface area contributed by atoms with Crippen molar-refractivity contribution in [2.45, 2.75) is 72.3 Å². The number of hydrogen-bond acceptors (Lipinski definition) is 10. The smallest absolute Gasteiger partial charge is 0.428 e. The molecule has 0 amide bonds. The summed E-state index contributed by atoms with van der Waals surface area (Å²) in [5, 5.41) is 1.36. The zero-order valence-electron chi connectivity index (χ0n) is 16.7. The minimum absolute atomic E-state index is 0.325. The summed E-state index contributed by atoms with van der Waals surface area (Å²) in [4.78, 5) is 51.4. The second-order valence-electron chi connectivity index (χ2n) is 7.37. The summed E-state index contributed by atoms with van der Waals surface area (Å²) in [6, 6.07) is 0. The van der Waals surface area contributed by atoms with E-state index in [4.69, 9.17) is 19.0 Å². The van der Waals surface area contributed by atoms with Crippen LogP contribution in [0.3, 0.4) is 0 Å². The van der Waals surface area contributed by atoms with Crippen molar-refractivity contribution in [3.05, 3.63) is 0 Å². The van der Waals surface area contributed by atoms with Crippen LogP contribution in [0.2, 0.25) is 0 Å². The third kappa shape index (κ3) is 6.09. The summed E-state index contributed by atoms with van der Waals surface area (Å²) in [7, 11) is 0. The van der Waals surface area contributed by atoms with Crippen LogP contribution in [0.1, 0.15) is 54.9 Å². The van der Waals surface area contributed by atoms with Gasteiger partial charge >= 0.3 is 24.1 Å². The summed E-state index contributed by atoms with van der Waals surface area (Å²) in [5.41, 5.74) is -1.64. The third-order valence-electron chi connectivity index (χ3n) is 4.14. The number of nitrogens with zero attached hydrogens (tertiary/aromatic N) is 1. The third-order valence-corrected chi connectivity index (χ3v) is 4.14. The second-order valence-corrected chi connectivity index (χ2v) is 7.37. The molecule has 10 nitrogen and oxygen atoms in total. The minimum atomic E-state index is -1.12. The molecule has 0 saturated carbocycles. The molecule has 1 rings (SSSR count). The molecule has 10 heteroatoms. The van der Waals surface area contributed by atoms with Crippen LogP contribution in [-0.2, 0) is 38.2 Å². The van der Waals surface area contributed by atoms with E-state index < -0.39 is 54.1 Å². The fraction of sp³-hybridized carbons (Fsp3) is 0.765. The molecule has 154 valence electrons. The van der Waals surface area contributed by atoms with Crippen LogP contribution >= 0.6 is 0 Å². The highest BCUT2D eigenvalue weighted by Gasteiger charge is 2.57. The number of hydrogen-bond donors (Lipinski definition) is 0. The topological polar surface area (TPSA) is 118 Å². The fourth-order valence-corrected chi connectivity index (χ4v) is 3.13. The van der Waals surface area contributed by atoms with E-state index in [2.05, 4.69) is 4.74 Å². The molecule has 0 spiro atoms. The van der Waals surface area contributed by atoms with Crippen molar-refractivity contribution in [1.82, 2.24) is 5.06 Å². The van der Waals surface area contributed by atoms with Gasteiger partial charge in [0.05, 0.1) is 17.0 Å². The molecule has 0 aromatic rings. The Kier molecular flexibility index (Phi) is 7.18. The van der Waals surface area contributed by atoms with E-state index in [0.717, 1.165) is 0 Å². The summed E-state index contributed by atoms with van der Waals surface area (Å²) < 4.78 is 19.2. The highest BCUT2D eigenvalue weighted by atomic mass is 16.9. The molecule has 0 radical (unpaired) electrons. The molecule has 0 bridgehead atoms. The summed E-state index contributed by atoms with van der Waals surface area (Å²) in [6.45, 7) is 10.3. The molecule has 2 unspecified atom stereocenters. The Morgan fingerprint density at radius 1 is 1.00 bits per heavy atom. The molecular formula is C17H27NO9. The van der Waals surface area contributed by atoms with Crippen molar-refractivity contribution >= 4 is 24.1 Å². The lowest BCUT2D eigenvalue weighted by Gasteiger charge is -2.38. The Labute approximate surface area is 158 Å². The zero-order chi connectivity index (χ0) is 21.0. The molecule has 0 aliphatic carbocycles. The quantitative estimate of drug-likeness (QED) is 0.492. The lowest BCUT2D eigenvalue weighted by Crippen LogP contribution is -2.51. The van der Waals surface area contributed by atoms with Crippen LogP contribution < -0.4 is 0 Å². The van der Waals surface area contributed by atoms with Crippen LogP contribution in [0.25, 0.3) is 0 Å². The summed E-state index contributed by atoms with van der Waals surface area (Å²) in [5.74, 6) is -2.40. The highest BCUT2D eigenvalue weighted by molar-refractivity contribution is 5.75. The zero-order valence-corrected chi connectivity index (χ0v) is 16.7. The van der Waals surface area contributed by atoms with Crippen molar-refractivity contribution in [3.8, 4) is 0 Å². The predicted octanol–water partition coefficient (Wildman–Crippen LogP) is 1.91. The Morgan fingerprint density at radius 3 is 2.11 bits per heavy atom. The summed E-state index contributed by atoms with van der Waals surface area (Å²) >= 11 is 0. The first kappa shape index (κ1) is 22.7. The van der Waals surface area contributed by atoms with E-state index in [1.807, 2.05) is 0 Å². The SMILES string of the molecule is CC(=O)OCOC(=O)C1CC(C)(C)N(OC(=O)OC(C)OC(C)=O)C1(C)C. The van der Waals surface area contributed by atoms with Gasteiger partial charge in [0.2, 0.25) is 13.1 Å². The van der Waals surface area contributed by atoms with Gasteiger partial charge in [-0.2, -0.15) is 0 Å². The maximum absolute atomic E-state index is 12.4. The van der Waals surface area contributed by atoms with Gasteiger partial charge in [-0.05, 0) is 34.1 Å². The van der Waals surface area contributed by atoms with Gasteiger partial charge < -0.3 is 23.8 Å².